The molecule has 0 heterocycles. The summed E-state index contributed by atoms with van der Waals surface area (Å²) in [6, 6.07) is 6.84. The fourth-order valence-corrected chi connectivity index (χ4v) is 2.50. The number of thioether (sulfide) groups is 1. The summed E-state index contributed by atoms with van der Waals surface area (Å²) in [5, 5.41) is 5.05. The second-order valence-electron chi connectivity index (χ2n) is 4.59. The Kier molecular flexibility index (Phi) is 8.71. The Hall–Kier alpha value is -1.54. The minimum Gasteiger partial charge on any atom is -0.455 e. The van der Waals surface area contributed by atoms with Gasteiger partial charge in [0.15, 0.2) is 6.61 Å². The number of halogens is 1. The summed E-state index contributed by atoms with van der Waals surface area (Å²) in [6.45, 7) is 3.44. The zero-order chi connectivity index (χ0) is 17.2. The van der Waals surface area contributed by atoms with Crippen molar-refractivity contribution in [2.45, 2.75) is 24.8 Å². The van der Waals surface area contributed by atoms with Crippen LogP contribution in [0.25, 0.3) is 0 Å². The molecule has 0 spiro atoms. The Bertz CT molecular complexity index is 551. The van der Waals surface area contributed by atoms with Crippen molar-refractivity contribution in [3.8, 4) is 0 Å². The summed E-state index contributed by atoms with van der Waals surface area (Å²) in [7, 11) is 0. The highest BCUT2D eigenvalue weighted by molar-refractivity contribution is 9.10. The molecule has 0 saturated carbocycles. The molecule has 0 aromatic heterocycles. The number of ether oxygens (including phenoxy) is 1. The number of carbonyl (C=O) groups excluding carboxylic acids is 3. The SMILES string of the molecule is CCNC(=O)[C@H](C)NC(=O)COC(=O)CSc1ccc(Br)cc1. The number of likely N-dealkylation sites (N-methyl/N-ethyl adjacent to an activating group) is 1. The quantitative estimate of drug-likeness (QED) is 0.510. The molecule has 6 nitrogen and oxygen atoms in total. The number of hydrogen-bond acceptors (Lipinski definition) is 5. The third-order valence-corrected chi connectivity index (χ3v) is 4.17. The number of amides is 2. The van der Waals surface area contributed by atoms with E-state index in [1.807, 2.05) is 24.3 Å². The monoisotopic (exact) mass is 402 g/mol. The third-order valence-electron chi connectivity index (χ3n) is 2.66. The predicted molar refractivity (Wildman–Crippen MR) is 92.1 cm³/mol. The molecule has 0 unspecified atom stereocenters. The maximum Gasteiger partial charge on any atom is 0.316 e. The molecule has 0 fully saturated rings. The van der Waals surface area contributed by atoms with E-state index in [2.05, 4.69) is 26.6 Å². The van der Waals surface area contributed by atoms with Crippen molar-refractivity contribution in [3.63, 3.8) is 0 Å². The van der Waals surface area contributed by atoms with Gasteiger partial charge in [-0.1, -0.05) is 15.9 Å². The average Bonchev–Trinajstić information content (AvgIpc) is 2.52. The highest BCUT2D eigenvalue weighted by atomic mass is 79.9. The molecule has 1 rings (SSSR count). The van der Waals surface area contributed by atoms with Gasteiger partial charge in [0.1, 0.15) is 6.04 Å². The number of rotatable bonds is 8. The third kappa shape index (κ3) is 8.03. The molecule has 0 saturated heterocycles. The van der Waals surface area contributed by atoms with Crippen LogP contribution >= 0.6 is 27.7 Å². The van der Waals surface area contributed by atoms with Gasteiger partial charge in [0, 0.05) is 15.9 Å². The van der Waals surface area contributed by atoms with Gasteiger partial charge in [-0.05, 0) is 38.1 Å². The summed E-state index contributed by atoms with van der Waals surface area (Å²) in [5.41, 5.74) is 0. The lowest BCUT2D eigenvalue weighted by atomic mass is 10.3. The molecular formula is C15H19BrN2O4S. The first-order valence-corrected chi connectivity index (χ1v) is 8.81. The van der Waals surface area contributed by atoms with Crippen LogP contribution in [0.15, 0.2) is 33.6 Å². The van der Waals surface area contributed by atoms with E-state index in [0.717, 1.165) is 9.37 Å². The average molecular weight is 403 g/mol. The van der Waals surface area contributed by atoms with E-state index in [4.69, 9.17) is 4.74 Å². The molecule has 23 heavy (non-hydrogen) atoms. The van der Waals surface area contributed by atoms with Crippen LogP contribution in [0, 0.1) is 0 Å². The highest BCUT2D eigenvalue weighted by Crippen LogP contribution is 2.20. The fourth-order valence-electron chi connectivity index (χ4n) is 1.54. The van der Waals surface area contributed by atoms with Crippen molar-refractivity contribution in [2.24, 2.45) is 0 Å². The van der Waals surface area contributed by atoms with E-state index in [1.54, 1.807) is 13.8 Å². The largest absolute Gasteiger partial charge is 0.455 e. The lowest BCUT2D eigenvalue weighted by Gasteiger charge is -2.13. The molecule has 1 aromatic rings. The van der Waals surface area contributed by atoms with Crippen LogP contribution in [-0.2, 0) is 19.1 Å². The smallest absolute Gasteiger partial charge is 0.316 e. The topological polar surface area (TPSA) is 84.5 Å². The van der Waals surface area contributed by atoms with Gasteiger partial charge in [-0.3, -0.25) is 14.4 Å². The van der Waals surface area contributed by atoms with Gasteiger partial charge in [-0.15, -0.1) is 11.8 Å². The standard InChI is InChI=1S/C15H19BrN2O4S/c1-3-17-15(21)10(2)18-13(19)8-22-14(20)9-23-12-6-4-11(16)5-7-12/h4-7,10H,3,8-9H2,1-2H3,(H,17,21)(H,18,19)/t10-/m0/s1. The summed E-state index contributed by atoms with van der Waals surface area (Å²) in [4.78, 5) is 35.6. The Balaban J connectivity index is 2.25. The first kappa shape index (κ1) is 19.5. The zero-order valence-electron chi connectivity index (χ0n) is 12.9. The molecule has 8 heteroatoms. The van der Waals surface area contributed by atoms with E-state index < -0.39 is 24.5 Å². The Morgan fingerprint density at radius 3 is 2.52 bits per heavy atom. The highest BCUT2D eigenvalue weighted by Gasteiger charge is 2.15. The van der Waals surface area contributed by atoms with Crippen LogP contribution < -0.4 is 10.6 Å². The minimum absolute atomic E-state index is 0.112. The van der Waals surface area contributed by atoms with Crippen LogP contribution in [0.1, 0.15) is 13.8 Å². The number of esters is 1. The molecule has 1 aromatic carbocycles. The number of hydrogen-bond donors (Lipinski definition) is 2. The molecule has 2 N–H and O–H groups in total. The Labute approximate surface area is 147 Å². The van der Waals surface area contributed by atoms with Crippen molar-refractivity contribution in [1.82, 2.24) is 10.6 Å². The second kappa shape index (κ2) is 10.3. The van der Waals surface area contributed by atoms with Crippen molar-refractivity contribution in [2.75, 3.05) is 18.9 Å². The van der Waals surface area contributed by atoms with Crippen LogP contribution in [0.3, 0.4) is 0 Å². The first-order chi connectivity index (χ1) is 10.9. The van der Waals surface area contributed by atoms with Crippen molar-refractivity contribution in [1.29, 1.82) is 0 Å². The van der Waals surface area contributed by atoms with E-state index >= 15 is 0 Å². The lowest BCUT2D eigenvalue weighted by molar-refractivity contribution is -0.146. The second-order valence-corrected chi connectivity index (χ2v) is 6.55. The number of nitrogens with one attached hydrogen (secondary N) is 2. The molecule has 0 bridgehead atoms. The maximum atomic E-state index is 11.6. The van der Waals surface area contributed by atoms with Crippen molar-refractivity contribution < 1.29 is 19.1 Å². The fraction of sp³-hybridized carbons (Fsp3) is 0.400. The van der Waals surface area contributed by atoms with E-state index in [0.29, 0.717) is 6.54 Å². The molecular weight excluding hydrogens is 384 g/mol. The first-order valence-electron chi connectivity index (χ1n) is 7.03. The maximum absolute atomic E-state index is 11.6. The minimum atomic E-state index is -0.668. The van der Waals surface area contributed by atoms with Gasteiger partial charge in [0.25, 0.3) is 5.91 Å². The normalized spacial score (nSPS) is 11.4. The zero-order valence-corrected chi connectivity index (χ0v) is 15.3. The van der Waals surface area contributed by atoms with Gasteiger partial charge >= 0.3 is 5.97 Å². The number of carbonyl (C=O) groups is 3. The van der Waals surface area contributed by atoms with E-state index in [9.17, 15) is 14.4 Å². The molecule has 126 valence electrons. The van der Waals surface area contributed by atoms with Crippen LogP contribution in [-0.4, -0.2) is 42.7 Å². The van der Waals surface area contributed by atoms with Gasteiger partial charge in [-0.25, -0.2) is 0 Å². The summed E-state index contributed by atoms with van der Waals surface area (Å²) >= 11 is 4.65. The van der Waals surface area contributed by atoms with Crippen molar-refractivity contribution in [3.05, 3.63) is 28.7 Å². The number of benzene rings is 1. The van der Waals surface area contributed by atoms with Gasteiger partial charge in [0.2, 0.25) is 5.91 Å². The van der Waals surface area contributed by atoms with E-state index in [1.165, 1.54) is 11.8 Å². The van der Waals surface area contributed by atoms with E-state index in [-0.39, 0.29) is 11.7 Å². The van der Waals surface area contributed by atoms with Gasteiger partial charge in [-0.2, -0.15) is 0 Å². The lowest BCUT2D eigenvalue weighted by Crippen LogP contribution is -2.46. The Morgan fingerprint density at radius 1 is 1.26 bits per heavy atom. The van der Waals surface area contributed by atoms with Crippen LogP contribution in [0.5, 0.6) is 0 Å². The molecule has 0 aliphatic carbocycles. The van der Waals surface area contributed by atoms with Gasteiger partial charge < -0.3 is 15.4 Å². The molecule has 0 radical (unpaired) electrons. The Morgan fingerprint density at radius 2 is 1.91 bits per heavy atom. The molecule has 2 amide bonds. The molecule has 0 aliphatic heterocycles. The van der Waals surface area contributed by atoms with Crippen LogP contribution in [0.4, 0.5) is 0 Å². The summed E-state index contributed by atoms with van der Waals surface area (Å²) < 4.78 is 5.84. The summed E-state index contributed by atoms with van der Waals surface area (Å²) in [5.74, 6) is -1.16. The predicted octanol–water partition coefficient (Wildman–Crippen LogP) is 1.73. The van der Waals surface area contributed by atoms with Gasteiger partial charge in [0.05, 0.1) is 5.75 Å². The molecule has 0 aliphatic rings. The summed E-state index contributed by atoms with van der Waals surface area (Å²) in [6.07, 6.45) is 0. The van der Waals surface area contributed by atoms with Crippen molar-refractivity contribution >= 4 is 45.5 Å². The van der Waals surface area contributed by atoms with Crippen LogP contribution in [0.2, 0.25) is 0 Å². The molecule has 1 atom stereocenters.